The van der Waals surface area contributed by atoms with Gasteiger partial charge in [-0.05, 0) is 43.2 Å². The van der Waals surface area contributed by atoms with Gasteiger partial charge in [-0.2, -0.15) is 0 Å². The molecular formula is C24H27NO6. The molecule has 0 bridgehead atoms. The van der Waals surface area contributed by atoms with E-state index in [4.69, 9.17) is 14.2 Å². The van der Waals surface area contributed by atoms with E-state index in [1.807, 2.05) is 6.92 Å². The predicted molar refractivity (Wildman–Crippen MR) is 116 cm³/mol. The number of aliphatic hydroxyl groups is 1. The van der Waals surface area contributed by atoms with Crippen LogP contribution >= 0.6 is 0 Å². The number of amides is 1. The van der Waals surface area contributed by atoms with Gasteiger partial charge in [0.25, 0.3) is 11.7 Å². The standard InChI is InChI=1S/C24H27NO6/c1-4-31-19-8-5-7-17(15-19)22(26)20-21(16-9-11-18(30-3)12-10-16)25(13-6-14-29-2)24(28)23(20)27/h5,7-12,15,21,26H,4,6,13-14H2,1-3H3. The molecule has 1 unspecified atom stereocenters. The van der Waals surface area contributed by atoms with Crippen molar-refractivity contribution >= 4 is 17.4 Å². The summed E-state index contributed by atoms with van der Waals surface area (Å²) in [7, 11) is 3.15. The second kappa shape index (κ2) is 10.1. The number of aliphatic hydroxyl groups excluding tert-OH is 1. The molecule has 1 saturated heterocycles. The number of ketones is 1. The summed E-state index contributed by atoms with van der Waals surface area (Å²) in [5, 5.41) is 11.1. The molecule has 1 amide bonds. The number of carbonyl (C=O) groups excluding carboxylic acids is 2. The number of benzene rings is 2. The van der Waals surface area contributed by atoms with Crippen molar-refractivity contribution in [1.82, 2.24) is 4.90 Å². The minimum absolute atomic E-state index is 0.0567. The molecule has 0 radical (unpaired) electrons. The third kappa shape index (κ3) is 4.72. The van der Waals surface area contributed by atoms with Gasteiger partial charge in [0, 0.05) is 25.8 Å². The molecule has 0 aliphatic carbocycles. The average molecular weight is 425 g/mol. The van der Waals surface area contributed by atoms with Crippen molar-refractivity contribution in [3.8, 4) is 11.5 Å². The highest BCUT2D eigenvalue weighted by Gasteiger charge is 2.45. The lowest BCUT2D eigenvalue weighted by Crippen LogP contribution is -2.31. The van der Waals surface area contributed by atoms with Crippen LogP contribution in [0.15, 0.2) is 54.1 Å². The molecule has 164 valence electrons. The van der Waals surface area contributed by atoms with Crippen LogP contribution in [0.2, 0.25) is 0 Å². The van der Waals surface area contributed by atoms with Gasteiger partial charge in [-0.3, -0.25) is 9.59 Å². The zero-order chi connectivity index (χ0) is 22.4. The Balaban J connectivity index is 2.10. The Labute approximate surface area is 181 Å². The molecular weight excluding hydrogens is 398 g/mol. The summed E-state index contributed by atoms with van der Waals surface area (Å²) in [6.07, 6.45) is 0.566. The average Bonchev–Trinajstić information content (AvgIpc) is 3.04. The SMILES string of the molecule is CCOc1cccc(C(O)=C2C(=O)C(=O)N(CCCOC)C2c2ccc(OC)cc2)c1. The minimum atomic E-state index is -0.711. The van der Waals surface area contributed by atoms with Crippen LogP contribution in [0.5, 0.6) is 11.5 Å². The Bertz CT molecular complexity index is 966. The fraction of sp³-hybridized carbons (Fsp3) is 0.333. The maximum absolute atomic E-state index is 13.0. The molecule has 1 aliphatic heterocycles. The van der Waals surface area contributed by atoms with Crippen LogP contribution in [0.3, 0.4) is 0 Å². The number of methoxy groups -OCH3 is 2. The molecule has 2 aromatic carbocycles. The molecule has 0 aromatic heterocycles. The van der Waals surface area contributed by atoms with Crippen molar-refractivity contribution in [3.05, 3.63) is 65.2 Å². The first-order chi connectivity index (χ1) is 15.0. The van der Waals surface area contributed by atoms with Crippen LogP contribution in [-0.2, 0) is 14.3 Å². The molecule has 7 nitrogen and oxygen atoms in total. The van der Waals surface area contributed by atoms with Gasteiger partial charge in [-0.15, -0.1) is 0 Å². The molecule has 0 spiro atoms. The summed E-state index contributed by atoms with van der Waals surface area (Å²) in [5.74, 6) is -0.349. The van der Waals surface area contributed by atoms with Gasteiger partial charge >= 0.3 is 0 Å². The van der Waals surface area contributed by atoms with E-state index in [0.29, 0.717) is 48.8 Å². The van der Waals surface area contributed by atoms with Gasteiger partial charge in [-0.1, -0.05) is 24.3 Å². The summed E-state index contributed by atoms with van der Waals surface area (Å²) in [5.41, 5.74) is 1.18. The third-order valence-corrected chi connectivity index (χ3v) is 5.14. The fourth-order valence-corrected chi connectivity index (χ4v) is 3.68. The predicted octanol–water partition coefficient (Wildman–Crippen LogP) is 3.55. The Hall–Kier alpha value is -3.32. The number of hydrogen-bond acceptors (Lipinski definition) is 6. The van der Waals surface area contributed by atoms with Crippen LogP contribution in [0.1, 0.15) is 30.5 Å². The van der Waals surface area contributed by atoms with Crippen LogP contribution in [0.4, 0.5) is 0 Å². The van der Waals surface area contributed by atoms with Crippen molar-refractivity contribution in [1.29, 1.82) is 0 Å². The van der Waals surface area contributed by atoms with E-state index >= 15 is 0 Å². The first-order valence-corrected chi connectivity index (χ1v) is 10.2. The Kier molecular flexibility index (Phi) is 7.31. The molecule has 1 heterocycles. The van der Waals surface area contributed by atoms with Crippen molar-refractivity contribution < 1.29 is 28.9 Å². The zero-order valence-electron chi connectivity index (χ0n) is 18.0. The summed E-state index contributed by atoms with van der Waals surface area (Å²) in [6.45, 7) is 3.11. The quantitative estimate of drug-likeness (QED) is 0.286. The molecule has 1 aliphatic rings. The number of Topliss-reactive ketones (excluding diaryl/α,β-unsaturated/α-hetero) is 1. The molecule has 0 saturated carbocycles. The summed E-state index contributed by atoms with van der Waals surface area (Å²) in [4.78, 5) is 27.3. The van der Waals surface area contributed by atoms with E-state index in [2.05, 4.69) is 0 Å². The number of likely N-dealkylation sites (tertiary alicyclic amines) is 1. The van der Waals surface area contributed by atoms with Crippen molar-refractivity contribution in [2.45, 2.75) is 19.4 Å². The van der Waals surface area contributed by atoms with Crippen LogP contribution in [-0.4, -0.2) is 55.7 Å². The van der Waals surface area contributed by atoms with Gasteiger partial charge in [0.05, 0.1) is 25.3 Å². The van der Waals surface area contributed by atoms with Gasteiger partial charge in [0.2, 0.25) is 0 Å². The highest BCUT2D eigenvalue weighted by Crippen LogP contribution is 2.40. The summed E-state index contributed by atoms with van der Waals surface area (Å²) >= 11 is 0. The fourth-order valence-electron chi connectivity index (χ4n) is 3.68. The highest BCUT2D eigenvalue weighted by molar-refractivity contribution is 6.46. The monoisotopic (exact) mass is 425 g/mol. The lowest BCUT2D eigenvalue weighted by Gasteiger charge is -2.25. The molecule has 7 heteroatoms. The van der Waals surface area contributed by atoms with E-state index in [9.17, 15) is 14.7 Å². The molecule has 1 atom stereocenters. The normalized spacial score (nSPS) is 17.8. The van der Waals surface area contributed by atoms with Gasteiger partial charge in [0.15, 0.2) is 0 Å². The number of ether oxygens (including phenoxy) is 3. The number of rotatable bonds is 9. The maximum atomic E-state index is 13.0. The summed E-state index contributed by atoms with van der Waals surface area (Å²) < 4.78 is 15.8. The van der Waals surface area contributed by atoms with E-state index in [1.54, 1.807) is 62.8 Å². The van der Waals surface area contributed by atoms with Crippen LogP contribution in [0.25, 0.3) is 5.76 Å². The molecule has 3 rings (SSSR count). The Morgan fingerprint density at radius 2 is 1.81 bits per heavy atom. The van der Waals surface area contributed by atoms with Gasteiger partial charge < -0.3 is 24.2 Å². The Morgan fingerprint density at radius 1 is 1.06 bits per heavy atom. The molecule has 31 heavy (non-hydrogen) atoms. The Morgan fingerprint density at radius 3 is 2.45 bits per heavy atom. The van der Waals surface area contributed by atoms with Crippen molar-refractivity contribution in [2.75, 3.05) is 34.0 Å². The van der Waals surface area contributed by atoms with Gasteiger partial charge in [0.1, 0.15) is 17.3 Å². The van der Waals surface area contributed by atoms with Crippen LogP contribution in [0, 0.1) is 0 Å². The third-order valence-electron chi connectivity index (χ3n) is 5.14. The number of carbonyl (C=O) groups is 2. The first kappa shape index (κ1) is 22.4. The highest BCUT2D eigenvalue weighted by atomic mass is 16.5. The molecule has 1 fully saturated rings. The largest absolute Gasteiger partial charge is 0.507 e. The van der Waals surface area contributed by atoms with Gasteiger partial charge in [-0.25, -0.2) is 0 Å². The van der Waals surface area contributed by atoms with Crippen LogP contribution < -0.4 is 9.47 Å². The second-order valence-electron chi connectivity index (χ2n) is 7.07. The smallest absolute Gasteiger partial charge is 0.295 e. The van der Waals surface area contributed by atoms with Crippen molar-refractivity contribution in [3.63, 3.8) is 0 Å². The maximum Gasteiger partial charge on any atom is 0.295 e. The zero-order valence-corrected chi connectivity index (χ0v) is 18.0. The van der Waals surface area contributed by atoms with E-state index in [-0.39, 0.29) is 11.3 Å². The van der Waals surface area contributed by atoms with E-state index in [1.165, 1.54) is 4.90 Å². The number of hydrogen-bond donors (Lipinski definition) is 1. The second-order valence-corrected chi connectivity index (χ2v) is 7.07. The van der Waals surface area contributed by atoms with E-state index < -0.39 is 17.7 Å². The summed E-state index contributed by atoms with van der Waals surface area (Å²) in [6, 6.07) is 13.2. The lowest BCUT2D eigenvalue weighted by atomic mass is 9.95. The minimum Gasteiger partial charge on any atom is -0.507 e. The lowest BCUT2D eigenvalue weighted by molar-refractivity contribution is -0.140. The van der Waals surface area contributed by atoms with E-state index in [0.717, 1.165) is 0 Å². The first-order valence-electron chi connectivity index (χ1n) is 10.2. The number of nitrogens with zero attached hydrogens (tertiary/aromatic N) is 1. The molecule has 2 aromatic rings. The topological polar surface area (TPSA) is 85.3 Å². The molecule has 1 N–H and O–H groups in total. The van der Waals surface area contributed by atoms with Crippen molar-refractivity contribution in [2.24, 2.45) is 0 Å².